The van der Waals surface area contributed by atoms with Crippen LogP contribution in [0, 0.1) is 5.92 Å². The van der Waals surface area contributed by atoms with E-state index in [1.165, 1.54) is 58.0 Å². The fourth-order valence-corrected chi connectivity index (χ4v) is 3.63. The van der Waals surface area contributed by atoms with Crippen molar-refractivity contribution in [1.29, 1.82) is 0 Å². The molecule has 2 fully saturated rings. The molecule has 17 heavy (non-hydrogen) atoms. The maximum Gasteiger partial charge on any atom is 0.0139 e. The van der Waals surface area contributed by atoms with Gasteiger partial charge in [-0.25, -0.2) is 0 Å². The van der Waals surface area contributed by atoms with Gasteiger partial charge in [-0.2, -0.15) is 0 Å². The Hall–Kier alpha value is -0.0800. The van der Waals surface area contributed by atoms with Gasteiger partial charge >= 0.3 is 0 Å². The molecule has 2 rings (SSSR count). The Labute approximate surface area is 107 Å². The van der Waals surface area contributed by atoms with Crippen LogP contribution in [-0.4, -0.2) is 36.6 Å². The highest BCUT2D eigenvalue weighted by Crippen LogP contribution is 2.35. The number of hydrogen-bond donors (Lipinski definition) is 1. The van der Waals surface area contributed by atoms with Crippen LogP contribution in [0.1, 0.15) is 58.8 Å². The lowest BCUT2D eigenvalue weighted by Gasteiger charge is -2.47. The summed E-state index contributed by atoms with van der Waals surface area (Å²) in [6.07, 6.45) is 10.0. The van der Waals surface area contributed by atoms with Gasteiger partial charge in [0.25, 0.3) is 0 Å². The van der Waals surface area contributed by atoms with Crippen molar-refractivity contribution in [2.75, 3.05) is 19.6 Å². The van der Waals surface area contributed by atoms with Gasteiger partial charge in [0.1, 0.15) is 0 Å². The van der Waals surface area contributed by atoms with E-state index < -0.39 is 0 Å². The van der Waals surface area contributed by atoms with E-state index in [1.54, 1.807) is 0 Å². The number of nitrogens with one attached hydrogen (secondary N) is 1. The Morgan fingerprint density at radius 1 is 1.06 bits per heavy atom. The molecule has 100 valence electrons. The summed E-state index contributed by atoms with van der Waals surface area (Å²) in [6, 6.07) is 1.78. The molecule has 1 aliphatic heterocycles. The summed E-state index contributed by atoms with van der Waals surface area (Å²) in [4.78, 5) is 2.87. The van der Waals surface area contributed by atoms with Gasteiger partial charge in [-0.3, -0.25) is 4.90 Å². The highest BCUT2D eigenvalue weighted by atomic mass is 15.2. The molecule has 0 bridgehead atoms. The van der Waals surface area contributed by atoms with Gasteiger partial charge in [-0.05, 0) is 57.7 Å². The maximum absolute atomic E-state index is 3.54. The molecule has 0 radical (unpaired) electrons. The van der Waals surface area contributed by atoms with Crippen LogP contribution >= 0.6 is 0 Å². The summed E-state index contributed by atoms with van der Waals surface area (Å²) in [6.45, 7) is 8.33. The van der Waals surface area contributed by atoms with Crippen molar-refractivity contribution >= 4 is 0 Å². The van der Waals surface area contributed by atoms with Crippen LogP contribution in [-0.2, 0) is 0 Å². The molecule has 0 aromatic heterocycles. The monoisotopic (exact) mass is 238 g/mol. The molecule has 1 N–H and O–H groups in total. The zero-order valence-electron chi connectivity index (χ0n) is 11.8. The van der Waals surface area contributed by atoms with Crippen molar-refractivity contribution in [2.24, 2.45) is 5.92 Å². The van der Waals surface area contributed by atoms with E-state index in [2.05, 4.69) is 24.1 Å². The molecule has 0 aromatic carbocycles. The standard InChI is InChI=1S/C15H30N2/c1-3-14-8-6-5-7-11-17(14)15-10-9-13(15)12-16-4-2/h13-16H,3-12H2,1-2H3. The molecule has 0 spiro atoms. The van der Waals surface area contributed by atoms with Gasteiger partial charge in [0.2, 0.25) is 0 Å². The van der Waals surface area contributed by atoms with Crippen molar-refractivity contribution in [3.05, 3.63) is 0 Å². The second-order valence-electron chi connectivity index (χ2n) is 5.86. The Morgan fingerprint density at radius 2 is 1.94 bits per heavy atom. The lowest BCUT2D eigenvalue weighted by atomic mass is 9.77. The van der Waals surface area contributed by atoms with Gasteiger partial charge < -0.3 is 5.32 Å². The second kappa shape index (κ2) is 6.75. The van der Waals surface area contributed by atoms with E-state index in [0.717, 1.165) is 24.5 Å². The Balaban J connectivity index is 1.89. The normalized spacial score (nSPS) is 35.3. The fraction of sp³-hybridized carbons (Fsp3) is 1.00. The molecular formula is C15H30N2. The fourth-order valence-electron chi connectivity index (χ4n) is 3.63. The summed E-state index contributed by atoms with van der Waals surface area (Å²) in [7, 11) is 0. The van der Waals surface area contributed by atoms with Crippen LogP contribution in [0.4, 0.5) is 0 Å². The highest BCUT2D eigenvalue weighted by Gasteiger charge is 2.37. The van der Waals surface area contributed by atoms with Crippen molar-refractivity contribution < 1.29 is 0 Å². The molecular weight excluding hydrogens is 208 g/mol. The Kier molecular flexibility index (Phi) is 5.30. The molecule has 2 heteroatoms. The van der Waals surface area contributed by atoms with E-state index in [4.69, 9.17) is 0 Å². The number of rotatable bonds is 5. The van der Waals surface area contributed by atoms with Crippen LogP contribution in [0.2, 0.25) is 0 Å². The predicted octanol–water partition coefficient (Wildman–Crippen LogP) is 3.03. The van der Waals surface area contributed by atoms with Crippen LogP contribution < -0.4 is 5.32 Å². The smallest absolute Gasteiger partial charge is 0.0139 e. The van der Waals surface area contributed by atoms with Crippen molar-refractivity contribution in [3.8, 4) is 0 Å². The van der Waals surface area contributed by atoms with E-state index in [0.29, 0.717) is 0 Å². The first kappa shape index (κ1) is 13.4. The van der Waals surface area contributed by atoms with Crippen LogP contribution in [0.5, 0.6) is 0 Å². The lowest BCUT2D eigenvalue weighted by Crippen LogP contribution is -2.54. The first-order chi connectivity index (χ1) is 8.36. The zero-order chi connectivity index (χ0) is 12.1. The van der Waals surface area contributed by atoms with Gasteiger partial charge in [0.15, 0.2) is 0 Å². The first-order valence-electron chi connectivity index (χ1n) is 7.83. The quantitative estimate of drug-likeness (QED) is 0.792. The largest absolute Gasteiger partial charge is 0.317 e. The van der Waals surface area contributed by atoms with Crippen molar-refractivity contribution in [1.82, 2.24) is 10.2 Å². The molecule has 1 saturated heterocycles. The molecule has 0 aromatic rings. The SMILES string of the molecule is CCNCC1CCC1N1CCCCCC1CC. The van der Waals surface area contributed by atoms with Crippen molar-refractivity contribution in [3.63, 3.8) is 0 Å². The second-order valence-corrected chi connectivity index (χ2v) is 5.86. The lowest BCUT2D eigenvalue weighted by molar-refractivity contribution is 0.0278. The Bertz CT molecular complexity index is 217. The number of hydrogen-bond acceptors (Lipinski definition) is 2. The Morgan fingerprint density at radius 3 is 2.59 bits per heavy atom. The highest BCUT2D eigenvalue weighted by molar-refractivity contribution is 4.93. The molecule has 2 nitrogen and oxygen atoms in total. The van der Waals surface area contributed by atoms with Gasteiger partial charge in [0, 0.05) is 12.1 Å². The summed E-state index contributed by atoms with van der Waals surface area (Å²) in [5.41, 5.74) is 0. The third kappa shape index (κ3) is 3.23. The predicted molar refractivity (Wildman–Crippen MR) is 74.3 cm³/mol. The topological polar surface area (TPSA) is 15.3 Å². The minimum Gasteiger partial charge on any atom is -0.317 e. The first-order valence-corrected chi connectivity index (χ1v) is 7.83. The average Bonchev–Trinajstić information content (AvgIpc) is 2.53. The maximum atomic E-state index is 3.54. The van der Waals surface area contributed by atoms with E-state index in [9.17, 15) is 0 Å². The number of likely N-dealkylation sites (tertiary alicyclic amines) is 1. The molecule has 1 saturated carbocycles. The summed E-state index contributed by atoms with van der Waals surface area (Å²) in [5.74, 6) is 0.932. The molecule has 0 amide bonds. The van der Waals surface area contributed by atoms with Crippen LogP contribution in [0.15, 0.2) is 0 Å². The van der Waals surface area contributed by atoms with E-state index >= 15 is 0 Å². The molecule has 2 aliphatic rings. The van der Waals surface area contributed by atoms with Crippen molar-refractivity contribution in [2.45, 2.75) is 70.9 Å². The molecule has 3 unspecified atom stereocenters. The number of nitrogens with zero attached hydrogens (tertiary/aromatic N) is 1. The van der Waals surface area contributed by atoms with Gasteiger partial charge in [-0.1, -0.05) is 26.7 Å². The third-order valence-electron chi connectivity index (χ3n) is 4.85. The summed E-state index contributed by atoms with van der Waals surface area (Å²) < 4.78 is 0. The summed E-state index contributed by atoms with van der Waals surface area (Å²) in [5, 5.41) is 3.54. The zero-order valence-corrected chi connectivity index (χ0v) is 11.8. The molecule has 1 heterocycles. The van der Waals surface area contributed by atoms with Crippen LogP contribution in [0.3, 0.4) is 0 Å². The average molecular weight is 238 g/mol. The third-order valence-corrected chi connectivity index (χ3v) is 4.85. The van der Waals surface area contributed by atoms with E-state index in [-0.39, 0.29) is 0 Å². The summed E-state index contributed by atoms with van der Waals surface area (Å²) >= 11 is 0. The molecule has 3 atom stereocenters. The molecule has 1 aliphatic carbocycles. The minimum atomic E-state index is 0.881. The minimum absolute atomic E-state index is 0.881. The van der Waals surface area contributed by atoms with E-state index in [1.807, 2.05) is 0 Å². The van der Waals surface area contributed by atoms with Crippen LogP contribution in [0.25, 0.3) is 0 Å². The van der Waals surface area contributed by atoms with Gasteiger partial charge in [0.05, 0.1) is 0 Å². The van der Waals surface area contributed by atoms with Gasteiger partial charge in [-0.15, -0.1) is 0 Å².